The van der Waals surface area contributed by atoms with E-state index < -0.39 is 0 Å². The zero-order valence-electron chi connectivity index (χ0n) is 18.1. The summed E-state index contributed by atoms with van der Waals surface area (Å²) >= 11 is 0. The molecule has 1 aliphatic heterocycles. The van der Waals surface area contributed by atoms with Crippen molar-refractivity contribution in [2.75, 3.05) is 17.3 Å². The van der Waals surface area contributed by atoms with Gasteiger partial charge in [0, 0.05) is 24.0 Å². The molecule has 1 amide bonds. The number of nitrogens with zero attached hydrogens (tertiary/aromatic N) is 2. The standard InChI is InChI=1S/C25H29N3O/c1-16-7-9-21(10-8-16)27-24(29)20(15-26)12-19-13-22-18(3)14-25(4,5)28(6)23(22)11-17(19)2/h7-13,18H,14H2,1-6H3,(H,27,29)/b20-12+. The fourth-order valence-corrected chi connectivity index (χ4v) is 4.03. The second-order valence-corrected chi connectivity index (χ2v) is 8.73. The van der Waals surface area contributed by atoms with Gasteiger partial charge in [-0.25, -0.2) is 0 Å². The van der Waals surface area contributed by atoms with Crippen LogP contribution in [0.4, 0.5) is 11.4 Å². The Bertz CT molecular complexity index is 1010. The Hall–Kier alpha value is -3.06. The normalized spacial score (nSPS) is 18.0. The molecule has 1 unspecified atom stereocenters. The van der Waals surface area contributed by atoms with Gasteiger partial charge in [-0.1, -0.05) is 24.6 Å². The molecule has 1 heterocycles. The van der Waals surface area contributed by atoms with E-state index in [-0.39, 0.29) is 17.0 Å². The molecule has 0 spiro atoms. The van der Waals surface area contributed by atoms with Crippen LogP contribution in [-0.2, 0) is 4.79 Å². The Labute approximate surface area is 173 Å². The summed E-state index contributed by atoms with van der Waals surface area (Å²) in [5.41, 5.74) is 6.46. The summed E-state index contributed by atoms with van der Waals surface area (Å²) in [5, 5.41) is 12.4. The Morgan fingerprint density at radius 3 is 2.52 bits per heavy atom. The van der Waals surface area contributed by atoms with Gasteiger partial charge in [-0.2, -0.15) is 5.26 Å². The first-order valence-corrected chi connectivity index (χ1v) is 10.0. The first-order valence-electron chi connectivity index (χ1n) is 10.0. The van der Waals surface area contributed by atoms with E-state index in [0.29, 0.717) is 11.6 Å². The summed E-state index contributed by atoms with van der Waals surface area (Å²) in [6, 6.07) is 13.9. The fraction of sp³-hybridized carbons (Fsp3) is 0.360. The van der Waals surface area contributed by atoms with Gasteiger partial charge in [-0.05, 0) is 87.1 Å². The van der Waals surface area contributed by atoms with Gasteiger partial charge in [0.15, 0.2) is 0 Å². The highest BCUT2D eigenvalue weighted by molar-refractivity contribution is 6.09. The minimum atomic E-state index is -0.389. The number of benzene rings is 2. The second kappa shape index (κ2) is 7.75. The summed E-state index contributed by atoms with van der Waals surface area (Å²) in [7, 11) is 2.13. The lowest BCUT2D eigenvalue weighted by Gasteiger charge is -2.45. The third-order valence-electron chi connectivity index (χ3n) is 6.00. The molecule has 150 valence electrons. The highest BCUT2D eigenvalue weighted by Crippen LogP contribution is 2.43. The van der Waals surface area contributed by atoms with Crippen LogP contribution in [0.3, 0.4) is 0 Å². The highest BCUT2D eigenvalue weighted by atomic mass is 16.1. The van der Waals surface area contributed by atoms with Crippen molar-refractivity contribution in [3.8, 4) is 6.07 Å². The van der Waals surface area contributed by atoms with Crippen molar-refractivity contribution in [3.63, 3.8) is 0 Å². The first-order chi connectivity index (χ1) is 13.6. The average Bonchev–Trinajstić information content (AvgIpc) is 2.66. The van der Waals surface area contributed by atoms with Crippen molar-refractivity contribution < 1.29 is 4.79 Å². The molecule has 2 aromatic carbocycles. The highest BCUT2D eigenvalue weighted by Gasteiger charge is 2.34. The molecule has 1 atom stereocenters. The molecule has 2 aromatic rings. The van der Waals surface area contributed by atoms with Crippen LogP contribution in [0, 0.1) is 25.2 Å². The number of carbonyl (C=O) groups excluding carboxylic acids is 1. The number of fused-ring (bicyclic) bond motifs is 1. The smallest absolute Gasteiger partial charge is 0.266 e. The molecule has 0 radical (unpaired) electrons. The van der Waals surface area contributed by atoms with Crippen LogP contribution < -0.4 is 10.2 Å². The maximum Gasteiger partial charge on any atom is 0.266 e. The number of hydrogen-bond acceptors (Lipinski definition) is 3. The molecular formula is C25H29N3O. The molecule has 0 saturated heterocycles. The van der Waals surface area contributed by atoms with Crippen LogP contribution in [0.2, 0.25) is 0 Å². The SMILES string of the molecule is Cc1ccc(NC(=O)/C(C#N)=C/c2cc3c(cc2C)N(C)C(C)(C)CC3C)cc1. The number of nitriles is 1. The molecule has 4 heteroatoms. The maximum atomic E-state index is 12.6. The third-order valence-corrected chi connectivity index (χ3v) is 6.00. The van der Waals surface area contributed by atoms with Crippen LogP contribution in [0.1, 0.15) is 55.4 Å². The van der Waals surface area contributed by atoms with E-state index in [1.165, 1.54) is 11.3 Å². The van der Waals surface area contributed by atoms with Crippen LogP contribution >= 0.6 is 0 Å². The van der Waals surface area contributed by atoms with E-state index in [2.05, 4.69) is 56.2 Å². The first kappa shape index (κ1) is 20.7. The molecular weight excluding hydrogens is 358 g/mol. The van der Waals surface area contributed by atoms with Gasteiger partial charge >= 0.3 is 0 Å². The van der Waals surface area contributed by atoms with Crippen molar-refractivity contribution in [2.24, 2.45) is 0 Å². The number of rotatable bonds is 3. The molecule has 0 aromatic heterocycles. The topological polar surface area (TPSA) is 56.1 Å². The minimum Gasteiger partial charge on any atom is -0.369 e. The van der Waals surface area contributed by atoms with E-state index in [0.717, 1.165) is 23.1 Å². The summed E-state index contributed by atoms with van der Waals surface area (Å²) in [6.45, 7) is 10.8. The van der Waals surface area contributed by atoms with Crippen LogP contribution in [0.25, 0.3) is 6.08 Å². The number of hydrogen-bond donors (Lipinski definition) is 1. The van der Waals surface area contributed by atoms with E-state index >= 15 is 0 Å². The molecule has 29 heavy (non-hydrogen) atoms. The molecule has 0 aliphatic carbocycles. The molecule has 4 nitrogen and oxygen atoms in total. The Kier molecular flexibility index (Phi) is 5.53. The molecule has 1 aliphatic rings. The zero-order valence-corrected chi connectivity index (χ0v) is 18.1. The van der Waals surface area contributed by atoms with Crippen LogP contribution in [0.5, 0.6) is 0 Å². The Morgan fingerprint density at radius 1 is 1.24 bits per heavy atom. The third kappa shape index (κ3) is 4.19. The van der Waals surface area contributed by atoms with Crippen LogP contribution in [-0.4, -0.2) is 18.5 Å². The maximum absolute atomic E-state index is 12.6. The number of carbonyl (C=O) groups is 1. The van der Waals surface area contributed by atoms with Gasteiger partial charge in [0.05, 0.1) is 0 Å². The largest absolute Gasteiger partial charge is 0.369 e. The van der Waals surface area contributed by atoms with Gasteiger partial charge in [0.25, 0.3) is 5.91 Å². The summed E-state index contributed by atoms with van der Waals surface area (Å²) in [6.07, 6.45) is 2.76. The predicted molar refractivity (Wildman–Crippen MR) is 120 cm³/mol. The lowest BCUT2D eigenvalue weighted by Crippen LogP contribution is -2.45. The predicted octanol–water partition coefficient (Wildman–Crippen LogP) is 5.57. The number of nitrogens with one attached hydrogen (secondary N) is 1. The molecule has 0 bridgehead atoms. The lowest BCUT2D eigenvalue weighted by molar-refractivity contribution is -0.112. The molecule has 0 saturated carbocycles. The lowest BCUT2D eigenvalue weighted by atomic mass is 9.79. The fourth-order valence-electron chi connectivity index (χ4n) is 4.03. The quantitative estimate of drug-likeness (QED) is 0.553. The molecule has 1 N–H and O–H groups in total. The number of aryl methyl sites for hydroxylation is 2. The molecule has 3 rings (SSSR count). The van der Waals surface area contributed by atoms with Crippen molar-refractivity contribution in [1.29, 1.82) is 5.26 Å². The van der Waals surface area contributed by atoms with Crippen molar-refractivity contribution in [3.05, 3.63) is 64.2 Å². The van der Waals surface area contributed by atoms with Gasteiger partial charge in [0.1, 0.15) is 11.6 Å². The van der Waals surface area contributed by atoms with E-state index in [1.807, 2.05) is 38.1 Å². The van der Waals surface area contributed by atoms with E-state index in [9.17, 15) is 10.1 Å². The summed E-state index contributed by atoms with van der Waals surface area (Å²) in [5.74, 6) is 0.0237. The Balaban J connectivity index is 1.94. The Morgan fingerprint density at radius 2 is 1.90 bits per heavy atom. The average molecular weight is 388 g/mol. The molecule has 0 fully saturated rings. The van der Waals surface area contributed by atoms with Crippen LogP contribution in [0.15, 0.2) is 42.0 Å². The van der Waals surface area contributed by atoms with E-state index in [1.54, 1.807) is 6.08 Å². The van der Waals surface area contributed by atoms with Crippen molar-refractivity contribution in [2.45, 2.75) is 52.5 Å². The second-order valence-electron chi connectivity index (χ2n) is 8.73. The number of amides is 1. The van der Waals surface area contributed by atoms with Gasteiger partial charge in [-0.15, -0.1) is 0 Å². The zero-order chi connectivity index (χ0) is 21.3. The van der Waals surface area contributed by atoms with Gasteiger partial charge in [-0.3, -0.25) is 4.79 Å². The van der Waals surface area contributed by atoms with Crippen molar-refractivity contribution >= 4 is 23.4 Å². The van der Waals surface area contributed by atoms with E-state index in [4.69, 9.17) is 0 Å². The summed E-state index contributed by atoms with van der Waals surface area (Å²) < 4.78 is 0. The number of anilines is 2. The van der Waals surface area contributed by atoms with Gasteiger partial charge in [0.2, 0.25) is 0 Å². The van der Waals surface area contributed by atoms with Gasteiger partial charge < -0.3 is 10.2 Å². The summed E-state index contributed by atoms with van der Waals surface area (Å²) in [4.78, 5) is 15.0. The monoisotopic (exact) mass is 387 g/mol. The minimum absolute atomic E-state index is 0.0992. The van der Waals surface area contributed by atoms with Crippen molar-refractivity contribution in [1.82, 2.24) is 0 Å².